The van der Waals surface area contributed by atoms with Crippen LogP contribution in [0.4, 0.5) is 5.13 Å². The minimum absolute atomic E-state index is 0.0171. The van der Waals surface area contributed by atoms with Crippen molar-refractivity contribution in [3.63, 3.8) is 0 Å². The first-order chi connectivity index (χ1) is 7.08. The van der Waals surface area contributed by atoms with Crippen molar-refractivity contribution in [1.29, 1.82) is 0 Å². The highest BCUT2D eigenvalue weighted by molar-refractivity contribution is 7.15. The van der Waals surface area contributed by atoms with Gasteiger partial charge in [-0.25, -0.2) is 0 Å². The SMILES string of the molecule is Cc1nnc(NCC(=O)NCC(C)C)s1. The third kappa shape index (κ3) is 4.73. The summed E-state index contributed by atoms with van der Waals surface area (Å²) in [6.07, 6.45) is 0. The van der Waals surface area contributed by atoms with Crippen LogP contribution in [0, 0.1) is 12.8 Å². The molecule has 0 aromatic carbocycles. The molecule has 0 spiro atoms. The Bertz CT molecular complexity index is 324. The van der Waals surface area contributed by atoms with Crippen LogP contribution < -0.4 is 10.6 Å². The summed E-state index contributed by atoms with van der Waals surface area (Å²) in [6, 6.07) is 0. The molecule has 1 rings (SSSR count). The molecule has 0 fully saturated rings. The monoisotopic (exact) mass is 228 g/mol. The van der Waals surface area contributed by atoms with E-state index in [1.807, 2.05) is 6.92 Å². The predicted octanol–water partition coefficient (Wildman–Crippen LogP) is 1.03. The highest BCUT2D eigenvalue weighted by Crippen LogP contribution is 2.12. The van der Waals surface area contributed by atoms with Crippen LogP contribution in [0.15, 0.2) is 0 Å². The largest absolute Gasteiger partial charge is 0.354 e. The van der Waals surface area contributed by atoms with Crippen molar-refractivity contribution in [1.82, 2.24) is 15.5 Å². The second-order valence-electron chi connectivity index (χ2n) is 3.68. The number of rotatable bonds is 5. The summed E-state index contributed by atoms with van der Waals surface area (Å²) in [5.41, 5.74) is 0. The van der Waals surface area contributed by atoms with Gasteiger partial charge in [0.15, 0.2) is 0 Å². The van der Waals surface area contributed by atoms with Crippen molar-refractivity contribution in [2.75, 3.05) is 18.4 Å². The highest BCUT2D eigenvalue weighted by Gasteiger charge is 2.04. The van der Waals surface area contributed by atoms with Crippen LogP contribution in [0.1, 0.15) is 18.9 Å². The molecule has 0 aliphatic heterocycles. The Hall–Kier alpha value is -1.17. The lowest BCUT2D eigenvalue weighted by Crippen LogP contribution is -2.32. The fourth-order valence-corrected chi connectivity index (χ4v) is 1.49. The smallest absolute Gasteiger partial charge is 0.239 e. The van der Waals surface area contributed by atoms with Gasteiger partial charge in [0.25, 0.3) is 0 Å². The average Bonchev–Trinajstić information content (AvgIpc) is 2.58. The van der Waals surface area contributed by atoms with Gasteiger partial charge in [0.05, 0.1) is 6.54 Å². The molecule has 1 aromatic heterocycles. The summed E-state index contributed by atoms with van der Waals surface area (Å²) in [7, 11) is 0. The molecular weight excluding hydrogens is 212 g/mol. The molecular formula is C9H16N4OS. The quantitative estimate of drug-likeness (QED) is 0.790. The molecule has 0 unspecified atom stereocenters. The molecule has 0 radical (unpaired) electrons. The van der Waals surface area contributed by atoms with Crippen LogP contribution in [0.5, 0.6) is 0 Å². The lowest BCUT2D eigenvalue weighted by molar-refractivity contribution is -0.119. The zero-order valence-electron chi connectivity index (χ0n) is 9.20. The van der Waals surface area contributed by atoms with Crippen molar-refractivity contribution in [2.24, 2.45) is 5.92 Å². The van der Waals surface area contributed by atoms with E-state index in [2.05, 4.69) is 34.7 Å². The fourth-order valence-electron chi connectivity index (χ4n) is 0.904. The summed E-state index contributed by atoms with van der Waals surface area (Å²) in [5.74, 6) is 0.453. The number of amides is 1. The maximum absolute atomic E-state index is 11.3. The van der Waals surface area contributed by atoms with Crippen LogP contribution in [0.2, 0.25) is 0 Å². The summed E-state index contributed by atoms with van der Waals surface area (Å²) in [5, 5.41) is 15.0. The van der Waals surface area contributed by atoms with Gasteiger partial charge in [-0.05, 0) is 12.8 Å². The fraction of sp³-hybridized carbons (Fsp3) is 0.667. The second kappa shape index (κ2) is 5.65. The molecule has 84 valence electrons. The van der Waals surface area contributed by atoms with Crippen LogP contribution in [0.25, 0.3) is 0 Å². The molecule has 0 aliphatic carbocycles. The van der Waals surface area contributed by atoms with Gasteiger partial charge in [-0.2, -0.15) is 0 Å². The predicted molar refractivity (Wildman–Crippen MR) is 61.0 cm³/mol. The number of carbonyl (C=O) groups is 1. The zero-order chi connectivity index (χ0) is 11.3. The number of aryl methyl sites for hydroxylation is 1. The van der Waals surface area contributed by atoms with Crippen LogP contribution in [-0.2, 0) is 4.79 Å². The van der Waals surface area contributed by atoms with Crippen molar-refractivity contribution >= 4 is 22.4 Å². The molecule has 1 heterocycles. The van der Waals surface area contributed by atoms with E-state index in [4.69, 9.17) is 0 Å². The normalized spacial score (nSPS) is 10.4. The van der Waals surface area contributed by atoms with Gasteiger partial charge in [-0.3, -0.25) is 4.79 Å². The molecule has 6 heteroatoms. The van der Waals surface area contributed by atoms with Gasteiger partial charge < -0.3 is 10.6 Å². The molecule has 1 aromatic rings. The van der Waals surface area contributed by atoms with Crippen LogP contribution >= 0.6 is 11.3 Å². The summed E-state index contributed by atoms with van der Waals surface area (Å²) < 4.78 is 0. The third-order valence-electron chi connectivity index (χ3n) is 1.63. The summed E-state index contributed by atoms with van der Waals surface area (Å²) in [6.45, 7) is 6.95. The van der Waals surface area contributed by atoms with Gasteiger partial charge in [0.1, 0.15) is 5.01 Å². The molecule has 2 N–H and O–H groups in total. The number of hydrogen-bond donors (Lipinski definition) is 2. The first-order valence-electron chi connectivity index (χ1n) is 4.88. The van der Waals surface area contributed by atoms with Gasteiger partial charge in [-0.1, -0.05) is 25.2 Å². The van der Waals surface area contributed by atoms with Gasteiger partial charge >= 0.3 is 0 Å². The third-order valence-corrected chi connectivity index (χ3v) is 2.43. The second-order valence-corrected chi connectivity index (χ2v) is 4.86. The van der Waals surface area contributed by atoms with Crippen molar-refractivity contribution in [2.45, 2.75) is 20.8 Å². The summed E-state index contributed by atoms with van der Waals surface area (Å²) in [4.78, 5) is 11.3. The Morgan fingerprint density at radius 3 is 2.73 bits per heavy atom. The molecule has 0 saturated carbocycles. The minimum Gasteiger partial charge on any atom is -0.354 e. The number of nitrogens with zero attached hydrogens (tertiary/aromatic N) is 2. The molecule has 0 aliphatic rings. The molecule has 0 bridgehead atoms. The Balaban J connectivity index is 2.22. The van der Waals surface area contributed by atoms with E-state index in [-0.39, 0.29) is 12.5 Å². The number of nitrogens with one attached hydrogen (secondary N) is 2. The zero-order valence-corrected chi connectivity index (χ0v) is 10.0. The lowest BCUT2D eigenvalue weighted by Gasteiger charge is -2.07. The number of anilines is 1. The average molecular weight is 228 g/mol. The molecule has 5 nitrogen and oxygen atoms in total. The highest BCUT2D eigenvalue weighted by atomic mass is 32.1. The van der Waals surface area contributed by atoms with E-state index in [9.17, 15) is 4.79 Å². The van der Waals surface area contributed by atoms with Crippen molar-refractivity contribution < 1.29 is 4.79 Å². The van der Waals surface area contributed by atoms with E-state index in [1.165, 1.54) is 11.3 Å². The van der Waals surface area contributed by atoms with E-state index >= 15 is 0 Å². The van der Waals surface area contributed by atoms with E-state index < -0.39 is 0 Å². The lowest BCUT2D eigenvalue weighted by atomic mass is 10.2. The van der Waals surface area contributed by atoms with E-state index in [0.717, 1.165) is 5.01 Å². The number of carbonyl (C=O) groups excluding carboxylic acids is 1. The number of hydrogen-bond acceptors (Lipinski definition) is 5. The maximum Gasteiger partial charge on any atom is 0.239 e. The maximum atomic E-state index is 11.3. The van der Waals surface area contributed by atoms with E-state index in [1.54, 1.807) is 0 Å². The van der Waals surface area contributed by atoms with E-state index in [0.29, 0.717) is 17.6 Å². The standard InChI is InChI=1S/C9H16N4OS/c1-6(2)4-10-8(14)5-11-9-13-12-7(3)15-9/h6H,4-5H2,1-3H3,(H,10,14)(H,11,13). The first-order valence-corrected chi connectivity index (χ1v) is 5.70. The van der Waals surface area contributed by atoms with Crippen molar-refractivity contribution in [3.8, 4) is 0 Å². The minimum atomic E-state index is -0.0171. The Morgan fingerprint density at radius 1 is 1.47 bits per heavy atom. The molecule has 15 heavy (non-hydrogen) atoms. The first kappa shape index (κ1) is 11.9. The Kier molecular flexibility index (Phi) is 4.48. The molecule has 0 atom stereocenters. The molecule has 0 saturated heterocycles. The summed E-state index contributed by atoms with van der Waals surface area (Å²) >= 11 is 1.44. The number of aromatic nitrogens is 2. The topological polar surface area (TPSA) is 66.9 Å². The Morgan fingerprint density at radius 2 is 2.20 bits per heavy atom. The van der Waals surface area contributed by atoms with Crippen LogP contribution in [0.3, 0.4) is 0 Å². The van der Waals surface area contributed by atoms with Gasteiger partial charge in [0.2, 0.25) is 11.0 Å². The Labute approximate surface area is 93.3 Å². The van der Waals surface area contributed by atoms with Gasteiger partial charge in [-0.15, -0.1) is 10.2 Å². The van der Waals surface area contributed by atoms with Crippen LogP contribution in [-0.4, -0.2) is 29.2 Å². The molecule has 1 amide bonds. The van der Waals surface area contributed by atoms with Crippen molar-refractivity contribution in [3.05, 3.63) is 5.01 Å². The van der Waals surface area contributed by atoms with Gasteiger partial charge in [0, 0.05) is 6.54 Å².